The van der Waals surface area contributed by atoms with Gasteiger partial charge in [-0.2, -0.15) is 0 Å². The molecule has 4 rings (SSSR count). The lowest BCUT2D eigenvalue weighted by Crippen LogP contribution is -2.35. The van der Waals surface area contributed by atoms with Crippen LogP contribution < -0.4 is 4.90 Å². The summed E-state index contributed by atoms with van der Waals surface area (Å²) >= 11 is 3.50. The molecule has 5 nitrogen and oxygen atoms in total. The van der Waals surface area contributed by atoms with Crippen LogP contribution in [0.5, 0.6) is 0 Å². The molecule has 0 N–H and O–H groups in total. The number of hydrogen-bond donors (Lipinski definition) is 0. The van der Waals surface area contributed by atoms with Gasteiger partial charge in [0, 0.05) is 37.7 Å². The van der Waals surface area contributed by atoms with Crippen LogP contribution in [0.3, 0.4) is 0 Å². The van der Waals surface area contributed by atoms with Gasteiger partial charge in [-0.15, -0.1) is 0 Å². The van der Waals surface area contributed by atoms with Gasteiger partial charge >= 0.3 is 0 Å². The number of imidazole rings is 1. The molecule has 2 aromatic heterocycles. The van der Waals surface area contributed by atoms with E-state index in [1.165, 1.54) is 32.4 Å². The highest BCUT2D eigenvalue weighted by Crippen LogP contribution is 2.27. The number of aromatic nitrogens is 3. The van der Waals surface area contributed by atoms with Crippen LogP contribution in [0.15, 0.2) is 23.2 Å². The van der Waals surface area contributed by atoms with Crippen LogP contribution in [-0.4, -0.2) is 51.5 Å². The van der Waals surface area contributed by atoms with Crippen LogP contribution >= 0.6 is 15.9 Å². The summed E-state index contributed by atoms with van der Waals surface area (Å²) < 4.78 is 2.90. The first kappa shape index (κ1) is 12.6. The van der Waals surface area contributed by atoms with Crippen molar-refractivity contribution < 1.29 is 0 Å². The smallest absolute Gasteiger partial charge is 0.180 e. The average Bonchev–Trinajstić information content (AvgIpc) is 3.18. The molecule has 0 bridgehead atoms. The van der Waals surface area contributed by atoms with Gasteiger partial charge in [0.2, 0.25) is 0 Å². The lowest BCUT2D eigenvalue weighted by molar-refractivity contribution is 0.260. The van der Waals surface area contributed by atoms with Crippen LogP contribution in [0, 0.1) is 0 Å². The Kier molecular flexibility index (Phi) is 3.15. The van der Waals surface area contributed by atoms with E-state index in [4.69, 9.17) is 0 Å². The molecule has 0 saturated carbocycles. The summed E-state index contributed by atoms with van der Waals surface area (Å²) in [6.45, 7) is 4.69. The molecule has 2 aliphatic rings. The standard InChI is InChI=1S/C14H18BrN5/c15-12-10-20-8-4-16-13(20)14(17-12)19-7-3-11(9-19)18-5-1-2-6-18/h4,8,10-11H,1-3,5-7,9H2. The van der Waals surface area contributed by atoms with Gasteiger partial charge in [-0.1, -0.05) is 0 Å². The highest BCUT2D eigenvalue weighted by atomic mass is 79.9. The molecule has 4 heterocycles. The maximum Gasteiger partial charge on any atom is 0.180 e. The molecule has 0 aromatic carbocycles. The number of halogens is 1. The van der Waals surface area contributed by atoms with Crippen LogP contribution in [0.25, 0.3) is 5.65 Å². The third-order valence-electron chi connectivity index (χ3n) is 4.45. The number of hydrogen-bond acceptors (Lipinski definition) is 4. The average molecular weight is 336 g/mol. The molecular formula is C14H18BrN5. The summed E-state index contributed by atoms with van der Waals surface area (Å²) in [4.78, 5) is 14.1. The highest BCUT2D eigenvalue weighted by Gasteiger charge is 2.31. The highest BCUT2D eigenvalue weighted by molar-refractivity contribution is 9.10. The zero-order valence-electron chi connectivity index (χ0n) is 11.4. The van der Waals surface area contributed by atoms with Crippen LogP contribution in [0.4, 0.5) is 5.82 Å². The number of anilines is 1. The molecule has 6 heteroatoms. The van der Waals surface area contributed by atoms with Crippen LogP contribution in [0.2, 0.25) is 0 Å². The van der Waals surface area contributed by atoms with E-state index < -0.39 is 0 Å². The lowest BCUT2D eigenvalue weighted by Gasteiger charge is -2.24. The van der Waals surface area contributed by atoms with Crippen molar-refractivity contribution >= 4 is 27.4 Å². The topological polar surface area (TPSA) is 36.7 Å². The molecule has 20 heavy (non-hydrogen) atoms. The van der Waals surface area contributed by atoms with E-state index in [2.05, 4.69) is 35.7 Å². The summed E-state index contributed by atoms with van der Waals surface area (Å²) in [6.07, 6.45) is 9.72. The van der Waals surface area contributed by atoms with Gasteiger partial charge in [0.05, 0.1) is 0 Å². The molecule has 2 aromatic rings. The van der Waals surface area contributed by atoms with E-state index in [0.29, 0.717) is 6.04 Å². The Morgan fingerprint density at radius 3 is 2.90 bits per heavy atom. The summed E-state index contributed by atoms with van der Waals surface area (Å²) in [5.41, 5.74) is 0.954. The lowest BCUT2D eigenvalue weighted by atomic mass is 10.2. The minimum Gasteiger partial charge on any atom is -0.352 e. The zero-order chi connectivity index (χ0) is 13.5. The first-order valence-corrected chi connectivity index (χ1v) is 8.09. The van der Waals surface area contributed by atoms with Crippen LogP contribution in [-0.2, 0) is 0 Å². The van der Waals surface area contributed by atoms with E-state index in [0.717, 1.165) is 29.2 Å². The van der Waals surface area contributed by atoms with E-state index in [-0.39, 0.29) is 0 Å². The predicted molar refractivity (Wildman–Crippen MR) is 82.1 cm³/mol. The van der Waals surface area contributed by atoms with E-state index >= 15 is 0 Å². The molecule has 1 atom stereocenters. The van der Waals surface area contributed by atoms with E-state index in [1.807, 2.05) is 23.0 Å². The van der Waals surface area contributed by atoms with Crippen LogP contribution in [0.1, 0.15) is 19.3 Å². The summed E-state index contributed by atoms with van der Waals surface area (Å²) in [5.74, 6) is 1.01. The number of fused-ring (bicyclic) bond motifs is 1. The fourth-order valence-electron chi connectivity index (χ4n) is 3.44. The van der Waals surface area contributed by atoms with E-state index in [9.17, 15) is 0 Å². The van der Waals surface area contributed by atoms with Gasteiger partial charge in [-0.05, 0) is 48.3 Å². The van der Waals surface area contributed by atoms with Gasteiger partial charge in [-0.25, -0.2) is 9.97 Å². The zero-order valence-corrected chi connectivity index (χ0v) is 13.0. The number of rotatable bonds is 2. The number of likely N-dealkylation sites (tertiary alicyclic amines) is 1. The minimum atomic E-state index is 0.688. The van der Waals surface area contributed by atoms with Crippen molar-refractivity contribution in [2.24, 2.45) is 0 Å². The Morgan fingerprint density at radius 1 is 1.20 bits per heavy atom. The van der Waals surface area contributed by atoms with Crippen molar-refractivity contribution in [2.45, 2.75) is 25.3 Å². The molecule has 106 valence electrons. The fraction of sp³-hybridized carbons (Fsp3) is 0.571. The van der Waals surface area contributed by atoms with Gasteiger partial charge in [0.15, 0.2) is 11.5 Å². The van der Waals surface area contributed by atoms with Crippen molar-refractivity contribution in [1.29, 1.82) is 0 Å². The maximum atomic E-state index is 4.66. The van der Waals surface area contributed by atoms with Gasteiger partial charge < -0.3 is 9.30 Å². The molecule has 0 radical (unpaired) electrons. The Balaban J connectivity index is 1.62. The summed E-state index contributed by atoms with van der Waals surface area (Å²) in [6, 6.07) is 0.688. The molecule has 2 aliphatic heterocycles. The Morgan fingerprint density at radius 2 is 2.05 bits per heavy atom. The Hall–Kier alpha value is -1.14. The Bertz CT molecular complexity index is 619. The molecule has 0 aliphatic carbocycles. The van der Waals surface area contributed by atoms with E-state index in [1.54, 1.807) is 0 Å². The fourth-order valence-corrected chi connectivity index (χ4v) is 3.82. The second-order valence-corrected chi connectivity index (χ2v) is 6.49. The third kappa shape index (κ3) is 2.11. The minimum absolute atomic E-state index is 0.688. The first-order chi connectivity index (χ1) is 9.81. The SMILES string of the molecule is Brc1cn2ccnc2c(N2CCC(N3CCCC3)C2)n1. The van der Waals surface area contributed by atoms with Gasteiger partial charge in [-0.3, -0.25) is 4.90 Å². The first-order valence-electron chi connectivity index (χ1n) is 7.29. The van der Waals surface area contributed by atoms with Crippen molar-refractivity contribution in [3.05, 3.63) is 23.2 Å². The molecule has 1 unspecified atom stereocenters. The predicted octanol–water partition coefficient (Wildman–Crippen LogP) is 2.17. The Labute approximate surface area is 126 Å². The largest absolute Gasteiger partial charge is 0.352 e. The van der Waals surface area contributed by atoms with Crippen molar-refractivity contribution in [3.63, 3.8) is 0 Å². The van der Waals surface area contributed by atoms with Crippen molar-refractivity contribution in [1.82, 2.24) is 19.3 Å². The van der Waals surface area contributed by atoms with Gasteiger partial charge in [0.25, 0.3) is 0 Å². The van der Waals surface area contributed by atoms with Gasteiger partial charge in [0.1, 0.15) is 4.60 Å². The molecule has 0 amide bonds. The summed E-state index contributed by atoms with van der Waals surface area (Å²) in [7, 11) is 0. The normalized spacial score (nSPS) is 24.1. The van der Waals surface area contributed by atoms with Crippen molar-refractivity contribution in [3.8, 4) is 0 Å². The second-order valence-electron chi connectivity index (χ2n) is 5.68. The molecule has 0 spiro atoms. The quantitative estimate of drug-likeness (QED) is 0.842. The molecule has 2 fully saturated rings. The molecular weight excluding hydrogens is 318 g/mol. The monoisotopic (exact) mass is 335 g/mol. The second kappa shape index (κ2) is 5.00. The maximum absolute atomic E-state index is 4.66. The van der Waals surface area contributed by atoms with Crippen molar-refractivity contribution in [2.75, 3.05) is 31.1 Å². The third-order valence-corrected chi connectivity index (χ3v) is 4.83. The molecule has 2 saturated heterocycles. The summed E-state index contributed by atoms with van der Waals surface area (Å²) in [5, 5.41) is 0. The number of nitrogens with zero attached hydrogens (tertiary/aromatic N) is 5.